The van der Waals surface area contributed by atoms with E-state index in [1.165, 1.54) is 6.08 Å². The minimum absolute atomic E-state index is 0.726. The van der Waals surface area contributed by atoms with Crippen molar-refractivity contribution in [2.24, 2.45) is 0 Å². The molecule has 0 aromatic carbocycles. The van der Waals surface area contributed by atoms with Crippen molar-refractivity contribution in [3.63, 3.8) is 0 Å². The van der Waals surface area contributed by atoms with Crippen LogP contribution in [0.2, 0.25) is 0 Å². The molecule has 118 valence electrons. The number of aliphatic carboxylic acids is 1. The van der Waals surface area contributed by atoms with Crippen LogP contribution in [0.25, 0.3) is 0 Å². The zero-order valence-electron chi connectivity index (χ0n) is 11.1. The van der Waals surface area contributed by atoms with Gasteiger partial charge in [-0.25, -0.2) is 4.79 Å². The lowest BCUT2D eigenvalue weighted by molar-refractivity contribution is -0.131. The second kappa shape index (κ2) is 12.7. The molecule has 0 aliphatic heterocycles. The van der Waals surface area contributed by atoms with Gasteiger partial charge in [0.1, 0.15) is 24.4 Å². The molecule has 0 fully saturated rings. The smallest absolute Gasteiger partial charge is 0.328 e. The van der Waals surface area contributed by atoms with Gasteiger partial charge in [0.2, 0.25) is 0 Å². The Hall–Kier alpha value is -1.29. The van der Waals surface area contributed by atoms with E-state index in [9.17, 15) is 4.79 Å². The molecule has 8 nitrogen and oxygen atoms in total. The highest BCUT2D eigenvalue weighted by atomic mass is 16.4. The average Bonchev–Trinajstić information content (AvgIpc) is 2.44. The van der Waals surface area contributed by atoms with Gasteiger partial charge in [0.15, 0.2) is 0 Å². The summed E-state index contributed by atoms with van der Waals surface area (Å²) in [5.41, 5.74) is 0. The van der Waals surface area contributed by atoms with Gasteiger partial charge >= 0.3 is 5.97 Å². The summed E-state index contributed by atoms with van der Waals surface area (Å²) in [5, 5.41) is 60.2. The zero-order valence-corrected chi connectivity index (χ0v) is 11.1. The van der Waals surface area contributed by atoms with Crippen molar-refractivity contribution < 1.29 is 40.5 Å². The number of hydrogen-bond acceptors (Lipinski definition) is 7. The van der Waals surface area contributed by atoms with E-state index < -0.39 is 43.6 Å². The highest BCUT2D eigenvalue weighted by Gasteiger charge is 2.29. The molecule has 0 aliphatic carbocycles. The number of carbonyl (C=O) groups is 1. The van der Waals surface area contributed by atoms with E-state index in [-0.39, 0.29) is 0 Å². The van der Waals surface area contributed by atoms with Crippen molar-refractivity contribution >= 4 is 5.97 Å². The molecule has 0 rings (SSSR count). The maximum atomic E-state index is 9.75. The molecule has 0 aromatic rings. The maximum absolute atomic E-state index is 9.75. The molecule has 0 bridgehead atoms. The Balaban J connectivity index is 0. The van der Waals surface area contributed by atoms with Gasteiger partial charge in [-0.15, -0.1) is 0 Å². The number of aliphatic hydroxyl groups excluding tert-OH is 6. The average molecular weight is 294 g/mol. The van der Waals surface area contributed by atoms with Gasteiger partial charge in [-0.2, -0.15) is 0 Å². The molecule has 0 amide bonds. The first-order valence-electron chi connectivity index (χ1n) is 5.78. The minimum atomic E-state index is -1.67. The lowest BCUT2D eigenvalue weighted by Crippen LogP contribution is -2.46. The second-order valence-corrected chi connectivity index (χ2v) is 3.70. The van der Waals surface area contributed by atoms with Crippen molar-refractivity contribution in [1.82, 2.24) is 0 Å². The lowest BCUT2D eigenvalue weighted by Gasteiger charge is -2.24. The van der Waals surface area contributed by atoms with Crippen molar-refractivity contribution in [2.75, 3.05) is 13.2 Å². The molecular formula is C12H22O8. The standard InChI is InChI=1S/C6H14O6.C6H8O2/c7-1-3(9)5(11)6(12)4(10)2-8;1-2-3-4-5-6(7)8/h3-12H,1-2H2;2-5H,1H3,(H,7,8)/b;3-2+,5-4+/t3-,4+,5-,6-;/m1./s1. The summed E-state index contributed by atoms with van der Waals surface area (Å²) in [5.74, 6) is -0.914. The Morgan fingerprint density at radius 3 is 1.60 bits per heavy atom. The van der Waals surface area contributed by atoms with Gasteiger partial charge in [-0.3, -0.25) is 0 Å². The molecule has 0 aromatic heterocycles. The van der Waals surface area contributed by atoms with Gasteiger partial charge in [-0.05, 0) is 6.92 Å². The predicted octanol–water partition coefficient (Wildman–Crippen LogP) is -2.38. The van der Waals surface area contributed by atoms with E-state index in [0.717, 1.165) is 6.08 Å². The summed E-state index contributed by atoms with van der Waals surface area (Å²) in [7, 11) is 0. The first kappa shape index (κ1) is 21.0. The predicted molar refractivity (Wildman–Crippen MR) is 69.8 cm³/mol. The molecule has 20 heavy (non-hydrogen) atoms. The number of carboxylic acids is 1. The molecule has 0 radical (unpaired) electrons. The Morgan fingerprint density at radius 2 is 1.35 bits per heavy atom. The van der Waals surface area contributed by atoms with Gasteiger partial charge < -0.3 is 35.7 Å². The van der Waals surface area contributed by atoms with Crippen LogP contribution in [0.5, 0.6) is 0 Å². The Labute approximate surface area is 116 Å². The minimum Gasteiger partial charge on any atom is -0.478 e. The van der Waals surface area contributed by atoms with Crippen LogP contribution in [-0.4, -0.2) is 79.3 Å². The molecule has 0 saturated heterocycles. The fourth-order valence-electron chi connectivity index (χ4n) is 0.920. The van der Waals surface area contributed by atoms with E-state index in [1.807, 2.05) is 6.92 Å². The van der Waals surface area contributed by atoms with Crippen LogP contribution in [0.1, 0.15) is 6.92 Å². The zero-order chi connectivity index (χ0) is 16.1. The number of allylic oxidation sites excluding steroid dienone is 3. The van der Waals surface area contributed by atoms with Crippen LogP contribution in [0.4, 0.5) is 0 Å². The highest BCUT2D eigenvalue weighted by molar-refractivity contribution is 5.80. The molecule has 4 atom stereocenters. The third-order valence-electron chi connectivity index (χ3n) is 2.05. The van der Waals surface area contributed by atoms with Crippen LogP contribution in [0.3, 0.4) is 0 Å². The van der Waals surface area contributed by atoms with Crippen molar-refractivity contribution in [2.45, 2.75) is 31.3 Å². The van der Waals surface area contributed by atoms with Gasteiger partial charge in [0.05, 0.1) is 13.2 Å². The Bertz CT molecular complexity index is 288. The Kier molecular flexibility index (Phi) is 13.4. The second-order valence-electron chi connectivity index (χ2n) is 3.70. The van der Waals surface area contributed by atoms with Gasteiger partial charge in [0.25, 0.3) is 0 Å². The summed E-state index contributed by atoms with van der Waals surface area (Å²) < 4.78 is 0. The first-order valence-corrected chi connectivity index (χ1v) is 5.78. The van der Waals surface area contributed by atoms with E-state index in [2.05, 4.69) is 0 Å². The largest absolute Gasteiger partial charge is 0.478 e. The summed E-state index contributed by atoms with van der Waals surface area (Å²) in [6, 6.07) is 0. The number of carboxylic acid groups (broad SMARTS) is 1. The van der Waals surface area contributed by atoms with Crippen LogP contribution in [0.15, 0.2) is 24.3 Å². The molecule has 0 unspecified atom stereocenters. The van der Waals surface area contributed by atoms with E-state index in [1.54, 1.807) is 12.2 Å². The number of aliphatic hydroxyl groups is 6. The topological polar surface area (TPSA) is 159 Å². The van der Waals surface area contributed by atoms with Crippen molar-refractivity contribution in [3.8, 4) is 0 Å². The van der Waals surface area contributed by atoms with E-state index in [4.69, 9.17) is 35.7 Å². The van der Waals surface area contributed by atoms with Crippen LogP contribution in [0, 0.1) is 0 Å². The maximum Gasteiger partial charge on any atom is 0.328 e. The van der Waals surface area contributed by atoms with Crippen molar-refractivity contribution in [3.05, 3.63) is 24.3 Å². The molecule has 7 N–H and O–H groups in total. The summed E-state index contributed by atoms with van der Waals surface area (Å²) >= 11 is 0. The van der Waals surface area contributed by atoms with Gasteiger partial charge in [-0.1, -0.05) is 18.2 Å². The van der Waals surface area contributed by atoms with E-state index >= 15 is 0 Å². The van der Waals surface area contributed by atoms with Crippen molar-refractivity contribution in [1.29, 1.82) is 0 Å². The number of rotatable bonds is 7. The SMILES string of the molecule is C/C=C/C=C/C(=O)O.OC[C@@H](O)[C@@H](O)[C@H](O)[C@@H](O)CO. The molecular weight excluding hydrogens is 272 g/mol. The summed E-state index contributed by atoms with van der Waals surface area (Å²) in [6.45, 7) is 0.374. The first-order chi connectivity index (χ1) is 9.31. The third kappa shape index (κ3) is 10.6. The van der Waals surface area contributed by atoms with Crippen LogP contribution < -0.4 is 0 Å². The molecule has 0 aliphatic rings. The quantitative estimate of drug-likeness (QED) is 0.202. The number of hydrogen-bond donors (Lipinski definition) is 7. The molecule has 0 saturated carbocycles. The molecule has 0 heterocycles. The molecule has 8 heteroatoms. The summed E-state index contributed by atoms with van der Waals surface area (Å²) in [6.07, 6.45) is -0.410. The molecule has 0 spiro atoms. The normalized spacial score (nSPS) is 17.4. The fourth-order valence-corrected chi connectivity index (χ4v) is 0.920. The highest BCUT2D eigenvalue weighted by Crippen LogP contribution is 2.03. The third-order valence-corrected chi connectivity index (χ3v) is 2.05. The van der Waals surface area contributed by atoms with Crippen LogP contribution in [-0.2, 0) is 4.79 Å². The fraction of sp³-hybridized carbons (Fsp3) is 0.583. The summed E-state index contributed by atoms with van der Waals surface area (Å²) in [4.78, 5) is 9.75. The van der Waals surface area contributed by atoms with Gasteiger partial charge in [0, 0.05) is 6.08 Å². The Morgan fingerprint density at radius 1 is 0.950 bits per heavy atom. The lowest BCUT2D eigenvalue weighted by atomic mass is 10.0. The monoisotopic (exact) mass is 294 g/mol. The van der Waals surface area contributed by atoms with E-state index in [0.29, 0.717) is 0 Å². The van der Waals surface area contributed by atoms with Crippen LogP contribution >= 0.6 is 0 Å².